The third-order valence-corrected chi connectivity index (χ3v) is 4.55. The van der Waals surface area contributed by atoms with E-state index in [2.05, 4.69) is 5.32 Å². The molecule has 1 amide bonds. The summed E-state index contributed by atoms with van der Waals surface area (Å²) < 4.78 is 5.37. The molecule has 0 unspecified atom stereocenters. The summed E-state index contributed by atoms with van der Waals surface area (Å²) in [6.45, 7) is 4.32. The first kappa shape index (κ1) is 17.0. The van der Waals surface area contributed by atoms with Gasteiger partial charge in [0.15, 0.2) is 0 Å². The van der Waals surface area contributed by atoms with Crippen molar-refractivity contribution in [3.8, 4) is 0 Å². The number of primary amides is 1. The number of carbonyl (C=O) groups excluding carboxylic acids is 1. The number of hydrogen-bond acceptors (Lipinski definition) is 4. The molecular weight excluding hydrogens is 340 g/mol. The Morgan fingerprint density at radius 2 is 1.96 bits per heavy atom. The predicted molar refractivity (Wildman–Crippen MR) is 99.3 cm³/mol. The molecular formula is C19H17ClN2O3. The highest BCUT2D eigenvalue weighted by atomic mass is 35.5. The van der Waals surface area contributed by atoms with E-state index in [1.165, 1.54) is 6.07 Å². The number of hydrogen-bond donors (Lipinski definition) is 2. The number of fused-ring (bicyclic) bond motifs is 1. The SMILES string of the molecule is Cc1ccc2c(CNc3ccc(C(N)=O)c(Cl)c3)cc(=O)oc2c1C. The van der Waals surface area contributed by atoms with Crippen LogP contribution >= 0.6 is 11.6 Å². The van der Waals surface area contributed by atoms with Crippen LogP contribution in [0.4, 0.5) is 5.69 Å². The summed E-state index contributed by atoms with van der Waals surface area (Å²) in [4.78, 5) is 23.1. The molecule has 0 aliphatic rings. The normalized spacial score (nSPS) is 10.8. The quantitative estimate of drug-likeness (QED) is 0.697. The van der Waals surface area contributed by atoms with Crippen LogP contribution in [0.15, 0.2) is 45.6 Å². The Balaban J connectivity index is 1.94. The van der Waals surface area contributed by atoms with Crippen LogP contribution < -0.4 is 16.7 Å². The zero-order valence-electron chi connectivity index (χ0n) is 13.9. The van der Waals surface area contributed by atoms with Crippen molar-refractivity contribution in [2.75, 3.05) is 5.32 Å². The molecule has 0 spiro atoms. The second-order valence-corrected chi connectivity index (χ2v) is 6.29. The third-order valence-electron chi connectivity index (χ3n) is 4.23. The summed E-state index contributed by atoms with van der Waals surface area (Å²) in [6.07, 6.45) is 0. The van der Waals surface area contributed by atoms with Crippen LogP contribution in [0.25, 0.3) is 11.0 Å². The maximum absolute atomic E-state index is 11.9. The number of carbonyl (C=O) groups is 1. The fourth-order valence-corrected chi connectivity index (χ4v) is 2.97. The van der Waals surface area contributed by atoms with Crippen molar-refractivity contribution < 1.29 is 9.21 Å². The molecule has 0 saturated heterocycles. The topological polar surface area (TPSA) is 85.3 Å². The second kappa shape index (κ2) is 6.61. The minimum absolute atomic E-state index is 0.268. The number of nitrogens with two attached hydrogens (primary N) is 1. The molecule has 0 aliphatic heterocycles. The van der Waals surface area contributed by atoms with Gasteiger partial charge in [-0.3, -0.25) is 4.79 Å². The molecule has 0 fully saturated rings. The van der Waals surface area contributed by atoms with Crippen molar-refractivity contribution in [3.05, 3.63) is 74.1 Å². The summed E-state index contributed by atoms with van der Waals surface area (Å²) in [7, 11) is 0. The highest BCUT2D eigenvalue weighted by Gasteiger charge is 2.10. The van der Waals surface area contributed by atoms with Gasteiger partial charge in [0.2, 0.25) is 5.91 Å². The van der Waals surface area contributed by atoms with Crippen LogP contribution in [0.2, 0.25) is 5.02 Å². The van der Waals surface area contributed by atoms with E-state index in [0.29, 0.717) is 12.1 Å². The van der Waals surface area contributed by atoms with Gasteiger partial charge in [0, 0.05) is 23.7 Å². The van der Waals surface area contributed by atoms with Crippen LogP contribution in [0, 0.1) is 13.8 Å². The zero-order valence-corrected chi connectivity index (χ0v) is 14.6. The highest BCUT2D eigenvalue weighted by molar-refractivity contribution is 6.34. The van der Waals surface area contributed by atoms with Gasteiger partial charge in [0.05, 0.1) is 10.6 Å². The van der Waals surface area contributed by atoms with E-state index < -0.39 is 5.91 Å². The maximum Gasteiger partial charge on any atom is 0.336 e. The summed E-state index contributed by atoms with van der Waals surface area (Å²) in [5, 5.41) is 4.37. The Morgan fingerprint density at radius 3 is 2.64 bits per heavy atom. The maximum atomic E-state index is 11.9. The molecule has 3 aromatic rings. The van der Waals surface area contributed by atoms with Gasteiger partial charge >= 0.3 is 5.63 Å². The van der Waals surface area contributed by atoms with Crippen molar-refractivity contribution in [1.82, 2.24) is 0 Å². The van der Waals surface area contributed by atoms with Crippen LogP contribution in [0.3, 0.4) is 0 Å². The molecule has 2 aromatic carbocycles. The van der Waals surface area contributed by atoms with Crippen LogP contribution in [-0.4, -0.2) is 5.91 Å². The number of amides is 1. The van der Waals surface area contributed by atoms with Crippen molar-refractivity contribution in [3.63, 3.8) is 0 Å². The molecule has 3 rings (SSSR count). The van der Waals surface area contributed by atoms with Crippen molar-refractivity contribution >= 4 is 34.2 Å². The van der Waals surface area contributed by atoms with E-state index >= 15 is 0 Å². The number of nitrogens with one attached hydrogen (secondary N) is 1. The first-order valence-corrected chi connectivity index (χ1v) is 8.11. The van der Waals surface area contributed by atoms with Crippen LogP contribution in [0.1, 0.15) is 27.0 Å². The van der Waals surface area contributed by atoms with Crippen LogP contribution in [0.5, 0.6) is 0 Å². The van der Waals surface area contributed by atoms with Gasteiger partial charge in [-0.1, -0.05) is 23.7 Å². The summed E-state index contributed by atoms with van der Waals surface area (Å²) in [5.41, 5.74) is 9.29. The molecule has 3 N–H and O–H groups in total. The smallest absolute Gasteiger partial charge is 0.336 e. The lowest BCUT2D eigenvalue weighted by Crippen LogP contribution is -2.12. The van der Waals surface area contributed by atoms with Gasteiger partial charge in [-0.25, -0.2) is 4.79 Å². The molecule has 0 atom stereocenters. The monoisotopic (exact) mass is 356 g/mol. The fraction of sp³-hybridized carbons (Fsp3) is 0.158. The largest absolute Gasteiger partial charge is 0.422 e. The fourth-order valence-electron chi connectivity index (χ4n) is 2.69. The first-order chi connectivity index (χ1) is 11.9. The van der Waals surface area contributed by atoms with Gasteiger partial charge in [0.1, 0.15) is 5.58 Å². The highest BCUT2D eigenvalue weighted by Crippen LogP contribution is 2.25. The summed E-state index contributed by atoms with van der Waals surface area (Å²) >= 11 is 6.06. The molecule has 0 bridgehead atoms. The molecule has 0 radical (unpaired) electrons. The summed E-state index contributed by atoms with van der Waals surface area (Å²) in [5.74, 6) is -0.575. The van der Waals surface area contributed by atoms with E-state index in [0.717, 1.165) is 27.8 Å². The molecule has 5 nitrogen and oxygen atoms in total. The Kier molecular flexibility index (Phi) is 4.51. The van der Waals surface area contributed by atoms with E-state index in [-0.39, 0.29) is 16.2 Å². The lowest BCUT2D eigenvalue weighted by molar-refractivity contribution is 0.100. The molecule has 0 saturated carbocycles. The molecule has 1 aromatic heterocycles. The Bertz CT molecular complexity index is 1040. The number of benzene rings is 2. The van der Waals surface area contributed by atoms with E-state index in [9.17, 15) is 9.59 Å². The average Bonchev–Trinajstić information content (AvgIpc) is 2.56. The Hall–Kier alpha value is -2.79. The van der Waals surface area contributed by atoms with Crippen LogP contribution in [-0.2, 0) is 6.54 Å². The lowest BCUT2D eigenvalue weighted by atomic mass is 10.0. The van der Waals surface area contributed by atoms with E-state index in [1.807, 2.05) is 26.0 Å². The lowest BCUT2D eigenvalue weighted by Gasteiger charge is -2.11. The van der Waals surface area contributed by atoms with Gasteiger partial charge in [-0.2, -0.15) is 0 Å². The zero-order chi connectivity index (χ0) is 18.1. The van der Waals surface area contributed by atoms with Crippen molar-refractivity contribution in [2.45, 2.75) is 20.4 Å². The average molecular weight is 357 g/mol. The number of halogens is 1. The van der Waals surface area contributed by atoms with Gasteiger partial charge < -0.3 is 15.5 Å². The van der Waals surface area contributed by atoms with Gasteiger partial charge in [-0.15, -0.1) is 0 Å². The van der Waals surface area contributed by atoms with Gasteiger partial charge in [0.25, 0.3) is 0 Å². The van der Waals surface area contributed by atoms with Crippen molar-refractivity contribution in [2.24, 2.45) is 5.73 Å². The van der Waals surface area contributed by atoms with Gasteiger partial charge in [-0.05, 0) is 48.7 Å². The molecule has 1 heterocycles. The number of rotatable bonds is 4. The predicted octanol–water partition coefficient (Wildman–Crippen LogP) is 3.77. The second-order valence-electron chi connectivity index (χ2n) is 5.89. The number of anilines is 1. The Labute approximate surface area is 149 Å². The third kappa shape index (κ3) is 3.37. The van der Waals surface area contributed by atoms with Crippen molar-refractivity contribution in [1.29, 1.82) is 0 Å². The molecule has 25 heavy (non-hydrogen) atoms. The number of aryl methyl sites for hydroxylation is 2. The molecule has 0 aliphatic carbocycles. The minimum atomic E-state index is -0.575. The standard InChI is InChI=1S/C19H17ClN2O3/c1-10-3-5-14-12(7-17(23)25-18(14)11(10)2)9-22-13-4-6-15(19(21)24)16(20)8-13/h3-8,22H,9H2,1-2H3,(H2,21,24). The van der Waals surface area contributed by atoms with E-state index in [1.54, 1.807) is 18.2 Å². The first-order valence-electron chi connectivity index (χ1n) is 7.73. The molecule has 6 heteroatoms. The van der Waals surface area contributed by atoms with E-state index in [4.69, 9.17) is 21.8 Å². The Morgan fingerprint density at radius 1 is 1.20 bits per heavy atom. The molecule has 128 valence electrons. The minimum Gasteiger partial charge on any atom is -0.422 e. The summed E-state index contributed by atoms with van der Waals surface area (Å²) in [6, 6.07) is 10.3.